The van der Waals surface area contributed by atoms with Crippen LogP contribution >= 0.6 is 0 Å². The number of hydrogen-bond acceptors (Lipinski definition) is 3. The molecule has 2 aromatic carbocycles. The van der Waals surface area contributed by atoms with E-state index in [9.17, 15) is 4.79 Å². The maximum absolute atomic E-state index is 13.2. The number of aryl methyl sites for hydroxylation is 2. The van der Waals surface area contributed by atoms with Crippen molar-refractivity contribution in [3.8, 4) is 0 Å². The summed E-state index contributed by atoms with van der Waals surface area (Å²) in [6, 6.07) is 14.2. The standard InChI is InChI=1S/C22H25N3O/c1-16-19(13-24(2)23-16)15-25-12-6-9-18(14-25)22(26)21-11-5-8-17-7-3-4-10-20(17)21/h3-5,7-8,10-11,13,18H,6,9,12,14-15H2,1-2H3. The minimum Gasteiger partial charge on any atom is -0.298 e. The van der Waals surface area contributed by atoms with E-state index in [0.717, 1.165) is 54.5 Å². The molecule has 1 aliphatic rings. The molecule has 0 aliphatic carbocycles. The molecule has 4 nitrogen and oxygen atoms in total. The summed E-state index contributed by atoms with van der Waals surface area (Å²) in [6.45, 7) is 4.81. The molecule has 0 amide bonds. The Hall–Kier alpha value is -2.46. The molecule has 1 saturated heterocycles. The maximum Gasteiger partial charge on any atom is 0.167 e. The smallest absolute Gasteiger partial charge is 0.167 e. The van der Waals surface area contributed by atoms with Gasteiger partial charge in [0.25, 0.3) is 0 Å². The first kappa shape index (κ1) is 17.0. The first-order valence-corrected chi connectivity index (χ1v) is 9.35. The molecule has 0 N–H and O–H groups in total. The topological polar surface area (TPSA) is 38.1 Å². The Morgan fingerprint density at radius 3 is 2.81 bits per heavy atom. The quantitative estimate of drug-likeness (QED) is 0.670. The molecular formula is C22H25N3O. The third-order valence-corrected chi connectivity index (χ3v) is 5.44. The number of hydrogen-bond donors (Lipinski definition) is 0. The van der Waals surface area contributed by atoms with Crippen molar-refractivity contribution >= 4 is 16.6 Å². The summed E-state index contributed by atoms with van der Waals surface area (Å²) in [6.07, 6.45) is 4.14. The second-order valence-electron chi connectivity index (χ2n) is 7.38. The molecule has 0 radical (unpaired) electrons. The Labute approximate surface area is 154 Å². The van der Waals surface area contributed by atoms with Gasteiger partial charge in [-0.15, -0.1) is 0 Å². The molecule has 134 valence electrons. The summed E-state index contributed by atoms with van der Waals surface area (Å²) in [5.74, 6) is 0.362. The van der Waals surface area contributed by atoms with Gasteiger partial charge in [-0.3, -0.25) is 14.4 Å². The van der Waals surface area contributed by atoms with Gasteiger partial charge in [-0.25, -0.2) is 0 Å². The third-order valence-electron chi connectivity index (χ3n) is 5.44. The monoisotopic (exact) mass is 347 g/mol. The van der Waals surface area contributed by atoms with Crippen LogP contribution in [0.25, 0.3) is 10.8 Å². The van der Waals surface area contributed by atoms with E-state index in [1.54, 1.807) is 0 Å². The number of fused-ring (bicyclic) bond motifs is 1. The van der Waals surface area contributed by atoms with Crippen molar-refractivity contribution in [3.05, 3.63) is 65.5 Å². The number of nitrogens with zero attached hydrogens (tertiary/aromatic N) is 3. The van der Waals surface area contributed by atoms with Crippen LogP contribution in [0.5, 0.6) is 0 Å². The van der Waals surface area contributed by atoms with Crippen LogP contribution in [0.1, 0.15) is 34.5 Å². The number of carbonyl (C=O) groups excluding carboxylic acids is 1. The maximum atomic E-state index is 13.2. The number of likely N-dealkylation sites (tertiary alicyclic amines) is 1. The molecule has 4 rings (SSSR count). The van der Waals surface area contributed by atoms with Gasteiger partial charge < -0.3 is 0 Å². The van der Waals surface area contributed by atoms with Crippen LogP contribution in [0.3, 0.4) is 0 Å². The van der Waals surface area contributed by atoms with E-state index in [2.05, 4.69) is 41.3 Å². The van der Waals surface area contributed by atoms with Crippen molar-refractivity contribution in [3.63, 3.8) is 0 Å². The van der Waals surface area contributed by atoms with Gasteiger partial charge in [0.1, 0.15) is 0 Å². The fraction of sp³-hybridized carbons (Fsp3) is 0.364. The Morgan fingerprint density at radius 1 is 1.19 bits per heavy atom. The van der Waals surface area contributed by atoms with E-state index in [1.165, 1.54) is 5.56 Å². The fourth-order valence-corrected chi connectivity index (χ4v) is 4.12. The van der Waals surface area contributed by atoms with Gasteiger partial charge in [-0.2, -0.15) is 5.10 Å². The number of benzene rings is 2. The van der Waals surface area contributed by atoms with Gasteiger partial charge in [0.15, 0.2) is 5.78 Å². The summed E-state index contributed by atoms with van der Waals surface area (Å²) >= 11 is 0. The summed E-state index contributed by atoms with van der Waals surface area (Å²) in [7, 11) is 1.96. The van der Waals surface area contributed by atoms with Gasteiger partial charge in [0.05, 0.1) is 5.69 Å². The number of piperidine rings is 1. The van der Waals surface area contributed by atoms with Crippen molar-refractivity contribution < 1.29 is 4.79 Å². The zero-order chi connectivity index (χ0) is 18.1. The van der Waals surface area contributed by atoms with Crippen molar-refractivity contribution in [1.29, 1.82) is 0 Å². The van der Waals surface area contributed by atoms with Crippen LogP contribution in [-0.2, 0) is 13.6 Å². The number of carbonyl (C=O) groups is 1. The summed E-state index contributed by atoms with van der Waals surface area (Å²) < 4.78 is 1.87. The average Bonchev–Trinajstić information content (AvgIpc) is 2.98. The minimum atomic E-state index is 0.0755. The highest BCUT2D eigenvalue weighted by Crippen LogP contribution is 2.26. The second-order valence-corrected chi connectivity index (χ2v) is 7.38. The average molecular weight is 347 g/mol. The van der Waals surface area contributed by atoms with Gasteiger partial charge in [-0.05, 0) is 37.1 Å². The second kappa shape index (κ2) is 7.04. The predicted octanol–water partition coefficient (Wildman–Crippen LogP) is 3.98. The van der Waals surface area contributed by atoms with E-state index in [-0.39, 0.29) is 11.7 Å². The van der Waals surface area contributed by atoms with Crippen molar-refractivity contribution in [2.45, 2.75) is 26.3 Å². The van der Waals surface area contributed by atoms with Crippen molar-refractivity contribution in [1.82, 2.24) is 14.7 Å². The Balaban J connectivity index is 1.53. The van der Waals surface area contributed by atoms with Crippen molar-refractivity contribution in [2.24, 2.45) is 13.0 Å². The highest BCUT2D eigenvalue weighted by Gasteiger charge is 2.27. The molecule has 0 saturated carbocycles. The van der Waals surface area contributed by atoms with Crippen LogP contribution < -0.4 is 0 Å². The molecule has 26 heavy (non-hydrogen) atoms. The lowest BCUT2D eigenvalue weighted by Crippen LogP contribution is -2.38. The Morgan fingerprint density at radius 2 is 2.00 bits per heavy atom. The van der Waals surface area contributed by atoms with E-state index >= 15 is 0 Å². The van der Waals surface area contributed by atoms with E-state index < -0.39 is 0 Å². The lowest BCUT2D eigenvalue weighted by atomic mass is 9.88. The molecule has 0 spiro atoms. The number of rotatable bonds is 4. The van der Waals surface area contributed by atoms with Crippen molar-refractivity contribution in [2.75, 3.05) is 13.1 Å². The fourth-order valence-electron chi connectivity index (χ4n) is 4.12. The normalized spacial score (nSPS) is 18.3. The van der Waals surface area contributed by atoms with E-state index in [0.29, 0.717) is 0 Å². The molecule has 1 atom stereocenters. The molecule has 1 aliphatic heterocycles. The lowest BCUT2D eigenvalue weighted by Gasteiger charge is -2.32. The number of aromatic nitrogens is 2. The highest BCUT2D eigenvalue weighted by molar-refractivity contribution is 6.09. The lowest BCUT2D eigenvalue weighted by molar-refractivity contribution is 0.0813. The molecule has 4 heteroatoms. The van der Waals surface area contributed by atoms with E-state index in [1.807, 2.05) is 36.0 Å². The molecule has 2 heterocycles. The molecule has 1 aromatic heterocycles. The highest BCUT2D eigenvalue weighted by atomic mass is 16.1. The van der Waals surface area contributed by atoms with Crippen LogP contribution in [-0.4, -0.2) is 33.6 Å². The Kier molecular flexibility index (Phi) is 4.60. The van der Waals surface area contributed by atoms with E-state index in [4.69, 9.17) is 0 Å². The third kappa shape index (κ3) is 3.29. The molecule has 0 bridgehead atoms. The minimum absolute atomic E-state index is 0.0755. The molecule has 1 fully saturated rings. The summed E-state index contributed by atoms with van der Waals surface area (Å²) in [5.41, 5.74) is 3.20. The SMILES string of the molecule is Cc1nn(C)cc1CN1CCCC(C(=O)c2cccc3ccccc23)C1. The van der Waals surface area contributed by atoms with Gasteiger partial charge in [0, 0.05) is 43.4 Å². The van der Waals surface area contributed by atoms with Gasteiger partial charge >= 0.3 is 0 Å². The van der Waals surface area contributed by atoms with Gasteiger partial charge in [-0.1, -0.05) is 42.5 Å². The zero-order valence-electron chi connectivity index (χ0n) is 15.5. The molecule has 3 aromatic rings. The van der Waals surface area contributed by atoms with Gasteiger partial charge in [0.2, 0.25) is 0 Å². The predicted molar refractivity (Wildman–Crippen MR) is 104 cm³/mol. The number of Topliss-reactive ketones (excluding diaryl/α,β-unsaturated/α-hetero) is 1. The molecular weight excluding hydrogens is 322 g/mol. The summed E-state index contributed by atoms with van der Waals surface area (Å²) in [4.78, 5) is 15.6. The van der Waals surface area contributed by atoms with Crippen LogP contribution in [0.4, 0.5) is 0 Å². The largest absolute Gasteiger partial charge is 0.298 e. The van der Waals surface area contributed by atoms with Crippen LogP contribution in [0, 0.1) is 12.8 Å². The molecule has 1 unspecified atom stereocenters. The van der Waals surface area contributed by atoms with Crippen LogP contribution in [0.15, 0.2) is 48.7 Å². The summed E-state index contributed by atoms with van der Waals surface area (Å²) in [5, 5.41) is 6.64. The first-order valence-electron chi connectivity index (χ1n) is 9.35. The zero-order valence-corrected chi connectivity index (χ0v) is 15.5. The van der Waals surface area contributed by atoms with Crippen LogP contribution in [0.2, 0.25) is 0 Å². The first-order chi connectivity index (χ1) is 12.6. The number of ketones is 1. The Bertz CT molecular complexity index is 938.